The third kappa shape index (κ3) is 2.71. The maximum atomic E-state index is 4.30. The fraction of sp³-hybridized carbons (Fsp3) is 0.150. The number of aromatic nitrogens is 2. The van der Waals surface area contributed by atoms with Crippen molar-refractivity contribution in [1.82, 2.24) is 14.9 Å². The molecule has 0 saturated heterocycles. The van der Waals surface area contributed by atoms with Crippen molar-refractivity contribution in [2.24, 2.45) is 0 Å². The highest BCUT2D eigenvalue weighted by Crippen LogP contribution is 2.27. The molecule has 23 heavy (non-hydrogen) atoms. The summed E-state index contributed by atoms with van der Waals surface area (Å²) in [5.74, 6) is 0. The Morgan fingerprint density at radius 2 is 1.61 bits per heavy atom. The molecule has 0 unspecified atom stereocenters. The van der Waals surface area contributed by atoms with E-state index in [2.05, 4.69) is 75.5 Å². The molecule has 2 aromatic heterocycles. The van der Waals surface area contributed by atoms with E-state index in [-0.39, 0.29) is 0 Å². The Kier molecular flexibility index (Phi) is 3.78. The summed E-state index contributed by atoms with van der Waals surface area (Å²) in [6.07, 6.45) is 3.83. The first-order valence-electron chi connectivity index (χ1n) is 7.99. The van der Waals surface area contributed by atoms with Gasteiger partial charge in [-0.15, -0.1) is 0 Å². The molecule has 0 aliphatic rings. The van der Waals surface area contributed by atoms with Crippen LogP contribution in [0.25, 0.3) is 21.8 Å². The van der Waals surface area contributed by atoms with E-state index in [1.807, 2.05) is 12.4 Å². The van der Waals surface area contributed by atoms with Crippen LogP contribution in [0.15, 0.2) is 73.1 Å². The number of pyridine rings is 1. The number of nitrogens with zero attached hydrogens (tertiary/aromatic N) is 2. The summed E-state index contributed by atoms with van der Waals surface area (Å²) in [6, 6.07) is 21.2. The fourth-order valence-electron chi connectivity index (χ4n) is 3.16. The molecule has 0 saturated carbocycles. The number of nitrogens with one attached hydrogen (secondary N) is 1. The first-order valence-corrected chi connectivity index (χ1v) is 7.99. The Balaban J connectivity index is 1.56. The Hall–Kier alpha value is -2.65. The van der Waals surface area contributed by atoms with Gasteiger partial charge in [0.15, 0.2) is 0 Å². The Morgan fingerprint density at radius 1 is 0.826 bits per heavy atom. The van der Waals surface area contributed by atoms with E-state index < -0.39 is 0 Å². The minimum absolute atomic E-state index is 0.899. The van der Waals surface area contributed by atoms with Crippen molar-refractivity contribution in [2.45, 2.75) is 13.1 Å². The van der Waals surface area contributed by atoms with E-state index in [4.69, 9.17) is 0 Å². The van der Waals surface area contributed by atoms with Crippen molar-refractivity contribution < 1.29 is 0 Å². The minimum atomic E-state index is 0.899. The minimum Gasteiger partial charge on any atom is -0.338 e. The lowest BCUT2D eigenvalue weighted by Crippen LogP contribution is -2.19. The molecule has 1 N–H and O–H groups in total. The second-order valence-corrected chi connectivity index (χ2v) is 5.72. The van der Waals surface area contributed by atoms with Gasteiger partial charge in [0.25, 0.3) is 0 Å². The molecule has 3 nitrogen and oxygen atoms in total. The number of benzene rings is 2. The molecule has 0 atom stereocenters. The van der Waals surface area contributed by atoms with Crippen LogP contribution in [0.2, 0.25) is 0 Å². The van der Waals surface area contributed by atoms with E-state index in [9.17, 15) is 0 Å². The third-order valence-corrected chi connectivity index (χ3v) is 4.26. The van der Waals surface area contributed by atoms with Gasteiger partial charge in [0.05, 0.1) is 11.7 Å². The van der Waals surface area contributed by atoms with Crippen LogP contribution in [0, 0.1) is 0 Å². The zero-order valence-electron chi connectivity index (χ0n) is 12.9. The van der Waals surface area contributed by atoms with Crippen LogP contribution in [0.3, 0.4) is 0 Å². The predicted octanol–water partition coefficient (Wildman–Crippen LogP) is 3.98. The van der Waals surface area contributed by atoms with Gasteiger partial charge in [0, 0.05) is 42.1 Å². The van der Waals surface area contributed by atoms with Crippen molar-refractivity contribution in [2.75, 3.05) is 6.54 Å². The van der Waals surface area contributed by atoms with Gasteiger partial charge in [-0.1, -0.05) is 48.5 Å². The zero-order valence-corrected chi connectivity index (χ0v) is 12.9. The van der Waals surface area contributed by atoms with Gasteiger partial charge >= 0.3 is 0 Å². The van der Waals surface area contributed by atoms with Crippen LogP contribution < -0.4 is 5.32 Å². The van der Waals surface area contributed by atoms with E-state index >= 15 is 0 Å². The maximum absolute atomic E-state index is 4.30. The molecular weight excluding hydrogens is 282 g/mol. The molecule has 0 aliphatic carbocycles. The normalized spacial score (nSPS) is 11.3. The zero-order chi connectivity index (χ0) is 15.5. The lowest BCUT2D eigenvalue weighted by atomic mass is 10.2. The molecule has 4 aromatic rings. The number of rotatable bonds is 5. The molecule has 4 rings (SSSR count). The molecule has 0 aliphatic heterocycles. The van der Waals surface area contributed by atoms with Gasteiger partial charge in [0.1, 0.15) is 0 Å². The van der Waals surface area contributed by atoms with Crippen molar-refractivity contribution >= 4 is 21.8 Å². The van der Waals surface area contributed by atoms with Crippen LogP contribution in [0.1, 0.15) is 5.56 Å². The summed E-state index contributed by atoms with van der Waals surface area (Å²) in [7, 11) is 0. The van der Waals surface area contributed by atoms with Gasteiger partial charge in [-0.2, -0.15) is 0 Å². The van der Waals surface area contributed by atoms with Gasteiger partial charge in [-0.25, -0.2) is 0 Å². The van der Waals surface area contributed by atoms with Gasteiger partial charge < -0.3 is 9.88 Å². The molecule has 0 spiro atoms. The second kappa shape index (κ2) is 6.23. The molecule has 0 bridgehead atoms. The molecule has 0 amide bonds. The third-order valence-electron chi connectivity index (χ3n) is 4.26. The highest BCUT2D eigenvalue weighted by Gasteiger charge is 2.09. The summed E-state index contributed by atoms with van der Waals surface area (Å²) >= 11 is 0. The van der Waals surface area contributed by atoms with E-state index in [1.165, 1.54) is 27.4 Å². The monoisotopic (exact) mass is 301 g/mol. The molecule has 0 radical (unpaired) electrons. The molecule has 3 heteroatoms. The lowest BCUT2D eigenvalue weighted by molar-refractivity contribution is 0.618. The first-order chi connectivity index (χ1) is 11.4. The molecular formula is C20H19N3. The number of hydrogen-bond acceptors (Lipinski definition) is 2. The summed E-state index contributed by atoms with van der Waals surface area (Å²) < 4.78 is 2.36. The van der Waals surface area contributed by atoms with Crippen molar-refractivity contribution in [1.29, 1.82) is 0 Å². The van der Waals surface area contributed by atoms with E-state index in [1.54, 1.807) is 0 Å². The number of fused-ring (bicyclic) bond motifs is 3. The van der Waals surface area contributed by atoms with Crippen LogP contribution >= 0.6 is 0 Å². The highest BCUT2D eigenvalue weighted by molar-refractivity contribution is 6.07. The Morgan fingerprint density at radius 3 is 2.52 bits per heavy atom. The van der Waals surface area contributed by atoms with Crippen LogP contribution in [-0.2, 0) is 13.1 Å². The summed E-state index contributed by atoms with van der Waals surface area (Å²) in [6.45, 7) is 2.76. The number of hydrogen-bond donors (Lipinski definition) is 1. The van der Waals surface area contributed by atoms with Crippen molar-refractivity contribution in [3.8, 4) is 0 Å². The smallest absolute Gasteiger partial charge is 0.0678 e. The fourth-order valence-corrected chi connectivity index (χ4v) is 3.16. The average Bonchev–Trinajstić information content (AvgIpc) is 2.94. The Bertz CT molecular complexity index is 872. The Labute approximate surface area is 135 Å². The summed E-state index contributed by atoms with van der Waals surface area (Å²) in [4.78, 5) is 4.30. The van der Waals surface area contributed by atoms with Crippen LogP contribution in [0.4, 0.5) is 0 Å². The lowest BCUT2D eigenvalue weighted by Gasteiger charge is -2.09. The quantitative estimate of drug-likeness (QED) is 0.565. The van der Waals surface area contributed by atoms with Crippen LogP contribution in [0.5, 0.6) is 0 Å². The summed E-state index contributed by atoms with van der Waals surface area (Å²) in [5.41, 5.74) is 3.80. The maximum Gasteiger partial charge on any atom is 0.0678 e. The molecule has 2 heterocycles. The standard InChI is InChI=1S/C20H19N3/c1-2-6-16(7-3-1)14-22-12-13-23-19-9-5-4-8-17(19)18-10-11-21-15-20(18)23/h1-11,15,22H,12-14H2. The van der Waals surface area contributed by atoms with Gasteiger partial charge in [0.2, 0.25) is 0 Å². The van der Waals surface area contributed by atoms with Crippen molar-refractivity contribution in [3.63, 3.8) is 0 Å². The average molecular weight is 301 g/mol. The van der Waals surface area contributed by atoms with Crippen molar-refractivity contribution in [3.05, 3.63) is 78.6 Å². The van der Waals surface area contributed by atoms with Crippen LogP contribution in [-0.4, -0.2) is 16.1 Å². The van der Waals surface area contributed by atoms with E-state index in [0.717, 1.165) is 19.6 Å². The predicted molar refractivity (Wildman–Crippen MR) is 95.4 cm³/mol. The molecule has 2 aromatic carbocycles. The SMILES string of the molecule is c1ccc(CNCCn2c3ccccc3c3ccncc32)cc1. The summed E-state index contributed by atoms with van der Waals surface area (Å²) in [5, 5.41) is 6.10. The highest BCUT2D eigenvalue weighted by atomic mass is 15.0. The topological polar surface area (TPSA) is 29.9 Å². The number of para-hydroxylation sites is 1. The van der Waals surface area contributed by atoms with Gasteiger partial charge in [-0.05, 0) is 17.7 Å². The molecule has 0 fully saturated rings. The largest absolute Gasteiger partial charge is 0.338 e. The van der Waals surface area contributed by atoms with E-state index in [0.29, 0.717) is 0 Å². The molecule has 114 valence electrons. The first kappa shape index (κ1) is 14.0. The second-order valence-electron chi connectivity index (χ2n) is 5.72. The van der Waals surface area contributed by atoms with Gasteiger partial charge in [-0.3, -0.25) is 4.98 Å².